The fourth-order valence-electron chi connectivity index (χ4n) is 5.07. The number of aliphatic carboxylic acids is 1. The molecule has 0 radical (unpaired) electrons. The molecule has 13 heteroatoms. The molecular formula is C27H35N7O5S. The molecule has 1 amide bonds. The minimum Gasteiger partial charge on any atom is -0.478 e. The Kier molecular flexibility index (Phi) is 8.45. The summed E-state index contributed by atoms with van der Waals surface area (Å²) >= 11 is 0. The van der Waals surface area contributed by atoms with Crippen LogP contribution >= 0.6 is 0 Å². The molecule has 0 spiro atoms. The maximum absolute atomic E-state index is 14.0. The lowest BCUT2D eigenvalue weighted by atomic mass is 10.1. The predicted molar refractivity (Wildman–Crippen MR) is 152 cm³/mol. The zero-order valence-corrected chi connectivity index (χ0v) is 23.9. The van der Waals surface area contributed by atoms with E-state index in [1.165, 1.54) is 0 Å². The van der Waals surface area contributed by atoms with E-state index in [1.807, 2.05) is 6.92 Å². The molecule has 0 aliphatic carbocycles. The van der Waals surface area contributed by atoms with Gasteiger partial charge in [-0.05, 0) is 62.9 Å². The zero-order chi connectivity index (χ0) is 29.1. The molecule has 0 bridgehead atoms. The highest BCUT2D eigenvalue weighted by Crippen LogP contribution is 2.26. The minimum absolute atomic E-state index is 0.0272. The average Bonchev–Trinajstić information content (AvgIpc) is 3.37. The Morgan fingerprint density at radius 1 is 1.15 bits per heavy atom. The molecule has 4 rings (SSSR count). The number of carbonyl (C=O) groups excluding carboxylic acids is 1. The number of nitrogens with zero attached hydrogens (tertiary/aromatic N) is 3. The van der Waals surface area contributed by atoms with E-state index < -0.39 is 34.1 Å². The molecule has 3 aromatic rings. The van der Waals surface area contributed by atoms with E-state index >= 15 is 0 Å². The highest BCUT2D eigenvalue weighted by atomic mass is 32.2. The number of hydrogen-bond acceptors (Lipinski definition) is 8. The van der Waals surface area contributed by atoms with Crippen molar-refractivity contribution in [1.29, 1.82) is 0 Å². The number of aliphatic imine (C=N–C) groups is 1. The fourth-order valence-corrected chi connectivity index (χ4v) is 6.85. The van der Waals surface area contributed by atoms with Crippen molar-refractivity contribution in [2.24, 2.45) is 4.99 Å². The van der Waals surface area contributed by atoms with Crippen LogP contribution in [-0.4, -0.2) is 78.3 Å². The Hall–Kier alpha value is -3.97. The highest BCUT2D eigenvalue weighted by Gasteiger charge is 2.50. The molecular weight excluding hydrogens is 534 g/mol. The number of aryl methyl sites for hydroxylation is 3. The zero-order valence-electron chi connectivity index (χ0n) is 23.0. The molecule has 5 N–H and O–H groups in total. The largest absolute Gasteiger partial charge is 0.478 e. The standard InChI is InChI=1S/C27H35N7O5S/c1-5-11-34(24(35)20-7-8-22-21(14-20)15-31-32-22)27(25(36)37,16-30-26-28-9-6-10-29-26)33-40(38,39)23-18(3)12-17(2)13-19(23)4/h7-8,12-15,33H,5-6,9-11,16H2,1-4H3,(H,31,32)(H,36,37)(H2,28,29,30)/t27-/m1/s1. The van der Waals surface area contributed by atoms with Crippen molar-refractivity contribution in [3.8, 4) is 0 Å². The molecule has 1 aliphatic heterocycles. The molecule has 2 heterocycles. The number of aromatic amines is 1. The van der Waals surface area contributed by atoms with Crippen LogP contribution in [0.2, 0.25) is 0 Å². The summed E-state index contributed by atoms with van der Waals surface area (Å²) < 4.78 is 30.4. The van der Waals surface area contributed by atoms with Crippen LogP contribution in [0.4, 0.5) is 0 Å². The summed E-state index contributed by atoms with van der Waals surface area (Å²) in [5.41, 5.74) is 0.311. The lowest BCUT2D eigenvalue weighted by molar-refractivity contribution is -0.150. The number of benzene rings is 2. The van der Waals surface area contributed by atoms with Gasteiger partial charge in [-0.3, -0.25) is 14.9 Å². The quantitative estimate of drug-likeness (QED) is 0.231. The van der Waals surface area contributed by atoms with Gasteiger partial charge in [-0.2, -0.15) is 9.82 Å². The first-order chi connectivity index (χ1) is 19.0. The molecule has 1 aromatic heterocycles. The van der Waals surface area contributed by atoms with Gasteiger partial charge < -0.3 is 20.6 Å². The number of sulfonamides is 1. The summed E-state index contributed by atoms with van der Waals surface area (Å²) in [4.78, 5) is 32.6. The second kappa shape index (κ2) is 11.6. The molecule has 1 atom stereocenters. The van der Waals surface area contributed by atoms with Gasteiger partial charge >= 0.3 is 5.97 Å². The Balaban J connectivity index is 1.85. The maximum atomic E-state index is 14.0. The van der Waals surface area contributed by atoms with Gasteiger partial charge in [0, 0.05) is 30.6 Å². The second-order valence-corrected chi connectivity index (χ2v) is 11.6. The van der Waals surface area contributed by atoms with E-state index in [0.717, 1.165) is 16.9 Å². The van der Waals surface area contributed by atoms with Crippen molar-refractivity contribution in [2.45, 2.75) is 51.1 Å². The number of rotatable bonds is 10. The van der Waals surface area contributed by atoms with Crippen LogP contribution in [0, 0.1) is 20.8 Å². The number of carbonyl (C=O) groups is 2. The topological polar surface area (TPSA) is 169 Å². The van der Waals surface area contributed by atoms with E-state index in [0.29, 0.717) is 47.5 Å². The first-order valence-electron chi connectivity index (χ1n) is 13.1. The van der Waals surface area contributed by atoms with Gasteiger partial charge in [-0.25, -0.2) is 13.2 Å². The molecule has 1 aliphatic rings. The van der Waals surface area contributed by atoms with Crippen molar-refractivity contribution in [1.82, 2.24) is 30.5 Å². The predicted octanol–water partition coefficient (Wildman–Crippen LogP) is 2.04. The number of guanidine groups is 1. The maximum Gasteiger partial charge on any atom is 0.347 e. The van der Waals surface area contributed by atoms with E-state index in [4.69, 9.17) is 0 Å². The van der Waals surface area contributed by atoms with E-state index in [-0.39, 0.29) is 17.0 Å². The van der Waals surface area contributed by atoms with Gasteiger partial charge in [0.25, 0.3) is 5.91 Å². The fraction of sp³-hybridized carbons (Fsp3) is 0.407. The minimum atomic E-state index is -4.44. The Morgan fingerprint density at radius 3 is 2.50 bits per heavy atom. The van der Waals surface area contributed by atoms with Gasteiger partial charge in [0.05, 0.1) is 23.2 Å². The third kappa shape index (κ3) is 5.80. The molecule has 12 nitrogen and oxygen atoms in total. The van der Waals surface area contributed by atoms with Crippen molar-refractivity contribution in [3.05, 3.63) is 58.8 Å². The number of carboxylic acids is 1. The van der Waals surface area contributed by atoms with Gasteiger partial charge in [-0.1, -0.05) is 24.6 Å². The number of aromatic nitrogens is 2. The third-order valence-corrected chi connectivity index (χ3v) is 8.57. The van der Waals surface area contributed by atoms with E-state index in [9.17, 15) is 23.1 Å². The normalized spacial score (nSPS) is 15.2. The molecule has 0 saturated carbocycles. The summed E-state index contributed by atoms with van der Waals surface area (Å²) in [5.74, 6) is -1.84. The van der Waals surface area contributed by atoms with Crippen molar-refractivity contribution < 1.29 is 23.1 Å². The number of amides is 1. The van der Waals surface area contributed by atoms with Gasteiger partial charge in [0.15, 0.2) is 5.96 Å². The molecule has 40 heavy (non-hydrogen) atoms. The number of fused-ring (bicyclic) bond motifs is 1. The molecule has 0 fully saturated rings. The Morgan fingerprint density at radius 2 is 1.88 bits per heavy atom. The number of hydrogen-bond donors (Lipinski definition) is 5. The van der Waals surface area contributed by atoms with Crippen molar-refractivity contribution in [2.75, 3.05) is 26.2 Å². The van der Waals surface area contributed by atoms with Crippen LogP contribution in [0.3, 0.4) is 0 Å². The third-order valence-electron chi connectivity index (χ3n) is 6.78. The van der Waals surface area contributed by atoms with Crippen LogP contribution in [0.25, 0.3) is 10.9 Å². The molecule has 0 saturated heterocycles. The van der Waals surface area contributed by atoms with Gasteiger partial charge in [0.2, 0.25) is 15.7 Å². The molecule has 0 unspecified atom stereocenters. The van der Waals surface area contributed by atoms with Crippen LogP contribution in [0.15, 0.2) is 46.4 Å². The highest BCUT2D eigenvalue weighted by molar-refractivity contribution is 7.89. The molecule has 2 aromatic carbocycles. The Labute approximate surface area is 233 Å². The van der Waals surface area contributed by atoms with Crippen molar-refractivity contribution >= 4 is 38.8 Å². The summed E-state index contributed by atoms with van der Waals surface area (Å²) in [6.07, 6.45) is 2.74. The van der Waals surface area contributed by atoms with Crippen molar-refractivity contribution in [3.63, 3.8) is 0 Å². The summed E-state index contributed by atoms with van der Waals surface area (Å²) in [5, 5.41) is 24.2. The van der Waals surface area contributed by atoms with Gasteiger partial charge in [-0.15, -0.1) is 0 Å². The van der Waals surface area contributed by atoms with Gasteiger partial charge in [0.1, 0.15) is 0 Å². The lowest BCUT2D eigenvalue weighted by Gasteiger charge is -2.41. The first kappa shape index (κ1) is 29.0. The number of H-pyrrole nitrogens is 1. The van der Waals surface area contributed by atoms with Crippen LogP contribution in [0.1, 0.15) is 46.8 Å². The van der Waals surface area contributed by atoms with Crippen LogP contribution in [0.5, 0.6) is 0 Å². The summed E-state index contributed by atoms with van der Waals surface area (Å²) in [6.45, 7) is 7.60. The second-order valence-electron chi connectivity index (χ2n) is 9.99. The number of carboxylic acid groups (broad SMARTS) is 1. The monoisotopic (exact) mass is 569 g/mol. The summed E-state index contributed by atoms with van der Waals surface area (Å²) in [6, 6.07) is 8.26. The smallest absolute Gasteiger partial charge is 0.347 e. The SMILES string of the molecule is CCCN(C(=O)c1ccc2[nH]ncc2c1)[C@@](CNC1=NCCCN1)(NS(=O)(=O)c1c(C)cc(C)cc1C)C(=O)O. The Bertz CT molecular complexity index is 1540. The average molecular weight is 570 g/mol. The lowest BCUT2D eigenvalue weighted by Crippen LogP contribution is -2.72. The number of nitrogens with one attached hydrogen (secondary N) is 4. The van der Waals surface area contributed by atoms with Crippen LogP contribution < -0.4 is 15.4 Å². The summed E-state index contributed by atoms with van der Waals surface area (Å²) in [7, 11) is -4.44. The molecule has 214 valence electrons. The van der Waals surface area contributed by atoms with E-state index in [2.05, 4.69) is 30.5 Å². The van der Waals surface area contributed by atoms with Crippen LogP contribution in [-0.2, 0) is 14.8 Å². The van der Waals surface area contributed by atoms with E-state index in [1.54, 1.807) is 57.3 Å². The first-order valence-corrected chi connectivity index (χ1v) is 14.6.